The smallest absolute Gasteiger partial charge is 0.367 e. The quantitative estimate of drug-likeness (QED) is 0.670. The lowest BCUT2D eigenvalue weighted by Gasteiger charge is -1.89. The van der Waals surface area contributed by atoms with Gasteiger partial charge >= 0.3 is 5.97 Å². The van der Waals surface area contributed by atoms with Crippen molar-refractivity contribution in [1.29, 1.82) is 0 Å². The van der Waals surface area contributed by atoms with Gasteiger partial charge in [0.05, 0.1) is 7.11 Å². The molecule has 0 aliphatic carbocycles. The van der Waals surface area contributed by atoms with Crippen molar-refractivity contribution >= 4 is 27.7 Å². The number of fused-ring (bicyclic) bond motifs is 1. The monoisotopic (exact) mass is 208 g/mol. The van der Waals surface area contributed by atoms with E-state index in [9.17, 15) is 4.79 Å². The van der Waals surface area contributed by atoms with Gasteiger partial charge in [-0.3, -0.25) is 0 Å². The van der Waals surface area contributed by atoms with E-state index in [4.69, 9.17) is 0 Å². The molecule has 0 atom stereocenters. The minimum Gasteiger partial charge on any atom is -0.464 e. The number of pyridine rings is 1. The second kappa shape index (κ2) is 3.34. The molecule has 0 fully saturated rings. The first-order valence-corrected chi connectivity index (χ1v) is 4.85. The molecule has 2 rings (SSSR count). The molecule has 14 heavy (non-hydrogen) atoms. The van der Waals surface area contributed by atoms with Gasteiger partial charge in [0.25, 0.3) is 0 Å². The zero-order valence-electron chi connectivity index (χ0n) is 7.77. The molecule has 0 aliphatic heterocycles. The summed E-state index contributed by atoms with van der Waals surface area (Å²) in [5.41, 5.74) is 1.65. The standard InChI is InChI=1S/C9H8N2O2S/c1-5-3-4-6-7(10-5)14-8(11-6)9(12)13-2/h3-4H,1-2H3. The summed E-state index contributed by atoms with van der Waals surface area (Å²) in [6.07, 6.45) is 0. The van der Waals surface area contributed by atoms with Crippen molar-refractivity contribution in [2.45, 2.75) is 6.92 Å². The molecule has 2 aromatic rings. The van der Waals surface area contributed by atoms with Gasteiger partial charge in [-0.1, -0.05) is 11.3 Å². The van der Waals surface area contributed by atoms with Crippen LogP contribution in [0, 0.1) is 6.92 Å². The van der Waals surface area contributed by atoms with Crippen molar-refractivity contribution in [3.8, 4) is 0 Å². The Kier molecular flexibility index (Phi) is 2.17. The molecule has 0 amide bonds. The van der Waals surface area contributed by atoms with Crippen LogP contribution in [0.25, 0.3) is 10.3 Å². The molecule has 0 bridgehead atoms. The van der Waals surface area contributed by atoms with E-state index in [-0.39, 0.29) is 0 Å². The first kappa shape index (κ1) is 9.08. The van der Waals surface area contributed by atoms with Crippen molar-refractivity contribution < 1.29 is 9.53 Å². The molecule has 72 valence electrons. The van der Waals surface area contributed by atoms with Crippen LogP contribution < -0.4 is 0 Å². The Labute approximate surface area is 84.6 Å². The first-order valence-electron chi connectivity index (χ1n) is 4.03. The SMILES string of the molecule is COC(=O)c1nc2ccc(C)nc2s1. The second-order valence-electron chi connectivity index (χ2n) is 2.79. The Morgan fingerprint density at radius 1 is 1.43 bits per heavy atom. The topological polar surface area (TPSA) is 52.1 Å². The van der Waals surface area contributed by atoms with Gasteiger partial charge in [-0.05, 0) is 19.1 Å². The predicted molar refractivity (Wildman–Crippen MR) is 53.5 cm³/mol. The van der Waals surface area contributed by atoms with Crippen molar-refractivity contribution in [2.75, 3.05) is 7.11 Å². The molecule has 4 nitrogen and oxygen atoms in total. The van der Waals surface area contributed by atoms with Crippen molar-refractivity contribution in [3.63, 3.8) is 0 Å². The van der Waals surface area contributed by atoms with Gasteiger partial charge in [0.2, 0.25) is 5.01 Å². The Morgan fingerprint density at radius 3 is 2.93 bits per heavy atom. The van der Waals surface area contributed by atoms with E-state index in [1.54, 1.807) is 0 Å². The number of carbonyl (C=O) groups is 1. The average Bonchev–Trinajstić information content (AvgIpc) is 2.59. The number of ether oxygens (including phenoxy) is 1. The molecule has 2 heterocycles. The molecule has 0 saturated heterocycles. The molecule has 0 saturated carbocycles. The number of hydrogen-bond donors (Lipinski definition) is 0. The summed E-state index contributed by atoms with van der Waals surface area (Å²) in [5.74, 6) is -0.411. The van der Waals surface area contributed by atoms with Crippen LogP contribution in [0.4, 0.5) is 0 Å². The Hall–Kier alpha value is -1.49. The van der Waals surface area contributed by atoms with Gasteiger partial charge in [0, 0.05) is 5.69 Å². The van der Waals surface area contributed by atoms with Crippen LogP contribution >= 0.6 is 11.3 Å². The summed E-state index contributed by atoms with van der Waals surface area (Å²) >= 11 is 1.25. The van der Waals surface area contributed by atoms with Crippen LogP contribution in [0.5, 0.6) is 0 Å². The minimum absolute atomic E-state index is 0.348. The summed E-state index contributed by atoms with van der Waals surface area (Å²) < 4.78 is 4.58. The first-order chi connectivity index (χ1) is 6.70. The van der Waals surface area contributed by atoms with E-state index in [1.165, 1.54) is 18.4 Å². The Morgan fingerprint density at radius 2 is 2.21 bits per heavy atom. The number of nitrogens with zero attached hydrogens (tertiary/aromatic N) is 2. The van der Waals surface area contributed by atoms with Crippen LogP contribution in [-0.4, -0.2) is 23.0 Å². The number of aryl methyl sites for hydroxylation is 1. The van der Waals surface area contributed by atoms with Crippen LogP contribution in [0.3, 0.4) is 0 Å². The fraction of sp³-hybridized carbons (Fsp3) is 0.222. The maximum absolute atomic E-state index is 11.2. The third-order valence-electron chi connectivity index (χ3n) is 1.75. The van der Waals surface area contributed by atoms with Crippen molar-refractivity contribution in [3.05, 3.63) is 22.8 Å². The predicted octanol–water partition coefficient (Wildman–Crippen LogP) is 1.79. The van der Waals surface area contributed by atoms with E-state index in [2.05, 4.69) is 14.7 Å². The lowest BCUT2D eigenvalue weighted by molar-refractivity contribution is 0.0600. The zero-order chi connectivity index (χ0) is 10.1. The van der Waals surface area contributed by atoms with Crippen LogP contribution in [-0.2, 0) is 4.74 Å². The number of thiazole rings is 1. The van der Waals surface area contributed by atoms with E-state index in [0.717, 1.165) is 16.0 Å². The summed E-state index contributed by atoms with van der Waals surface area (Å²) in [6, 6.07) is 3.71. The third kappa shape index (κ3) is 1.46. The van der Waals surface area contributed by atoms with Gasteiger partial charge in [-0.25, -0.2) is 14.8 Å². The van der Waals surface area contributed by atoms with Crippen molar-refractivity contribution in [1.82, 2.24) is 9.97 Å². The van der Waals surface area contributed by atoms with Gasteiger partial charge in [-0.15, -0.1) is 0 Å². The van der Waals surface area contributed by atoms with E-state index in [0.29, 0.717) is 5.01 Å². The highest BCUT2D eigenvalue weighted by Crippen LogP contribution is 2.20. The highest BCUT2D eigenvalue weighted by atomic mass is 32.1. The van der Waals surface area contributed by atoms with Crippen molar-refractivity contribution in [2.24, 2.45) is 0 Å². The molecule has 0 aromatic carbocycles. The molecule has 5 heteroatoms. The molecule has 0 spiro atoms. The normalized spacial score (nSPS) is 10.4. The summed E-state index contributed by atoms with van der Waals surface area (Å²) in [7, 11) is 1.34. The highest BCUT2D eigenvalue weighted by Gasteiger charge is 2.12. The van der Waals surface area contributed by atoms with E-state index >= 15 is 0 Å². The number of methoxy groups -OCH3 is 1. The number of carbonyl (C=O) groups excluding carboxylic acids is 1. The maximum atomic E-state index is 11.2. The maximum Gasteiger partial charge on any atom is 0.367 e. The number of hydrogen-bond acceptors (Lipinski definition) is 5. The highest BCUT2D eigenvalue weighted by molar-refractivity contribution is 7.19. The lowest BCUT2D eigenvalue weighted by atomic mass is 10.4. The molecule has 0 aliphatic rings. The largest absolute Gasteiger partial charge is 0.464 e. The molecule has 0 unspecified atom stereocenters. The van der Waals surface area contributed by atoms with Gasteiger partial charge in [0.15, 0.2) is 0 Å². The summed E-state index contributed by atoms with van der Waals surface area (Å²) in [5, 5.41) is 0.348. The molecular formula is C9H8N2O2S. The van der Waals surface area contributed by atoms with E-state index < -0.39 is 5.97 Å². The fourth-order valence-corrected chi connectivity index (χ4v) is 1.99. The summed E-state index contributed by atoms with van der Waals surface area (Å²) in [6.45, 7) is 1.90. The molecule has 0 N–H and O–H groups in total. The van der Waals surface area contributed by atoms with Gasteiger partial charge in [-0.2, -0.15) is 0 Å². The van der Waals surface area contributed by atoms with Crippen LogP contribution in [0.2, 0.25) is 0 Å². The number of rotatable bonds is 1. The number of aromatic nitrogens is 2. The van der Waals surface area contributed by atoms with Crippen LogP contribution in [0.1, 0.15) is 15.5 Å². The second-order valence-corrected chi connectivity index (χ2v) is 3.77. The average molecular weight is 208 g/mol. The molecule has 2 aromatic heterocycles. The Bertz CT molecular complexity index is 493. The Balaban J connectivity index is 2.56. The van der Waals surface area contributed by atoms with Gasteiger partial charge < -0.3 is 4.74 Å². The zero-order valence-corrected chi connectivity index (χ0v) is 8.59. The minimum atomic E-state index is -0.411. The summed E-state index contributed by atoms with van der Waals surface area (Å²) in [4.78, 5) is 20.3. The molecular weight excluding hydrogens is 200 g/mol. The van der Waals surface area contributed by atoms with E-state index in [1.807, 2.05) is 19.1 Å². The van der Waals surface area contributed by atoms with Gasteiger partial charge in [0.1, 0.15) is 10.3 Å². The number of esters is 1. The molecule has 0 radical (unpaired) electrons. The lowest BCUT2D eigenvalue weighted by Crippen LogP contribution is -1.99. The third-order valence-corrected chi connectivity index (χ3v) is 2.70. The fourth-order valence-electron chi connectivity index (χ4n) is 1.08. The van der Waals surface area contributed by atoms with Crippen LogP contribution in [0.15, 0.2) is 12.1 Å².